The zero-order valence-corrected chi connectivity index (χ0v) is 19.8. The SMILES string of the molecule is COC1(O[Si](C)(C)C)N(S(=O)(=O)C(F)(F)C(F)(F)OC(F)(F)C(F)(F)I)C1(C)C. The van der Waals surface area contributed by atoms with E-state index in [4.69, 9.17) is 9.16 Å². The van der Waals surface area contributed by atoms with Crippen LogP contribution < -0.4 is 0 Å². The summed E-state index contributed by atoms with van der Waals surface area (Å²) >= 11 is -0.316. The van der Waals surface area contributed by atoms with Crippen LogP contribution in [0.3, 0.4) is 0 Å². The van der Waals surface area contributed by atoms with Gasteiger partial charge in [0.2, 0.25) is 0 Å². The third-order valence-corrected chi connectivity index (χ3v) is 7.29. The Morgan fingerprint density at radius 1 is 0.931 bits per heavy atom. The van der Waals surface area contributed by atoms with Crippen LogP contribution in [-0.2, 0) is 23.9 Å². The van der Waals surface area contributed by atoms with Crippen LogP contribution in [0.1, 0.15) is 13.8 Å². The third-order valence-electron chi connectivity index (χ3n) is 3.71. The third kappa shape index (κ3) is 4.28. The van der Waals surface area contributed by atoms with Crippen molar-refractivity contribution in [3.63, 3.8) is 0 Å². The van der Waals surface area contributed by atoms with Gasteiger partial charge in [-0.05, 0) is 33.5 Å². The van der Waals surface area contributed by atoms with E-state index in [0.29, 0.717) is 0 Å². The molecule has 0 N–H and O–H groups in total. The summed E-state index contributed by atoms with van der Waals surface area (Å²) < 4.78 is 139. The van der Waals surface area contributed by atoms with Gasteiger partial charge in [-0.25, -0.2) is 13.2 Å². The second kappa shape index (κ2) is 7.09. The number of methoxy groups -OCH3 is 1. The molecule has 0 bridgehead atoms. The number of hydrogen-bond donors (Lipinski definition) is 0. The summed E-state index contributed by atoms with van der Waals surface area (Å²) in [6.45, 7) is 6.51. The van der Waals surface area contributed by atoms with Gasteiger partial charge in [-0.15, -0.1) is 4.31 Å². The van der Waals surface area contributed by atoms with Gasteiger partial charge in [-0.2, -0.15) is 35.1 Å². The number of nitrogens with zero attached hydrogens (tertiary/aromatic N) is 1. The van der Waals surface area contributed by atoms with Gasteiger partial charge < -0.3 is 9.16 Å². The molecule has 0 saturated carbocycles. The maximum atomic E-state index is 14.3. The van der Waals surface area contributed by atoms with Crippen molar-refractivity contribution in [2.45, 2.75) is 66.3 Å². The van der Waals surface area contributed by atoms with Crippen LogP contribution in [0.25, 0.3) is 0 Å². The molecule has 2 atom stereocenters. The molecule has 0 radical (unpaired) electrons. The van der Waals surface area contributed by atoms with Crippen LogP contribution in [0.5, 0.6) is 0 Å². The van der Waals surface area contributed by atoms with Crippen LogP contribution in [0.15, 0.2) is 0 Å². The van der Waals surface area contributed by atoms with E-state index in [0.717, 1.165) is 21.0 Å². The second-order valence-corrected chi connectivity index (χ2v) is 15.1. The van der Waals surface area contributed by atoms with Crippen molar-refractivity contribution in [3.8, 4) is 0 Å². The van der Waals surface area contributed by atoms with E-state index >= 15 is 0 Å². The van der Waals surface area contributed by atoms with Crippen LogP contribution in [-0.4, -0.2) is 61.0 Å². The van der Waals surface area contributed by atoms with Crippen molar-refractivity contribution in [2.24, 2.45) is 0 Å². The lowest BCUT2D eigenvalue weighted by Gasteiger charge is -2.31. The van der Waals surface area contributed by atoms with Crippen molar-refractivity contribution in [1.29, 1.82) is 0 Å². The number of halogens is 9. The molecule has 0 spiro atoms. The molecule has 2 unspecified atom stereocenters. The smallest absolute Gasteiger partial charge is 0.377 e. The highest BCUT2D eigenvalue weighted by molar-refractivity contribution is 14.1. The Morgan fingerprint density at radius 3 is 1.66 bits per heavy atom. The number of alkyl halides is 9. The molecule has 1 saturated heterocycles. The van der Waals surface area contributed by atoms with Gasteiger partial charge in [0.15, 0.2) is 8.32 Å². The van der Waals surface area contributed by atoms with Gasteiger partial charge in [-0.3, -0.25) is 0 Å². The zero-order chi connectivity index (χ0) is 23.7. The largest absolute Gasteiger partial charge is 0.449 e. The van der Waals surface area contributed by atoms with E-state index in [1.165, 1.54) is 19.6 Å². The fraction of sp³-hybridized carbons (Fsp3) is 1.00. The molecule has 1 fully saturated rings. The second-order valence-electron chi connectivity index (χ2n) is 7.48. The summed E-state index contributed by atoms with van der Waals surface area (Å²) in [6.07, 6.45) is -12.7. The Morgan fingerprint density at radius 2 is 1.34 bits per heavy atom. The van der Waals surface area contributed by atoms with E-state index in [-0.39, 0.29) is 26.9 Å². The molecule has 17 heteroatoms. The lowest BCUT2D eigenvalue weighted by atomic mass is 10.2. The Hall–Kier alpha value is 0.177. The van der Waals surface area contributed by atoms with Crippen molar-refractivity contribution in [2.75, 3.05) is 7.11 Å². The lowest BCUT2D eigenvalue weighted by Crippen LogP contribution is -2.57. The van der Waals surface area contributed by atoms with E-state index < -0.39 is 51.2 Å². The number of sulfonamides is 1. The molecular formula is C12H18F8INO5SSi. The first-order valence-corrected chi connectivity index (χ1v) is 13.5. The minimum absolute atomic E-state index is 0.275. The number of ether oxygens (including phenoxy) is 2. The molecule has 174 valence electrons. The molecule has 1 aliphatic rings. The maximum absolute atomic E-state index is 14.3. The van der Waals surface area contributed by atoms with Crippen molar-refractivity contribution < 1.29 is 57.4 Å². The van der Waals surface area contributed by atoms with Gasteiger partial charge in [0.1, 0.15) is 5.54 Å². The van der Waals surface area contributed by atoms with Crippen molar-refractivity contribution in [1.82, 2.24) is 4.31 Å². The normalized spacial score (nSPS) is 26.5. The molecule has 0 aliphatic carbocycles. The van der Waals surface area contributed by atoms with Gasteiger partial charge >= 0.3 is 21.4 Å². The van der Waals surface area contributed by atoms with Crippen LogP contribution in [0.4, 0.5) is 35.1 Å². The minimum atomic E-state index is -6.54. The van der Waals surface area contributed by atoms with E-state index in [1.54, 1.807) is 0 Å². The molecule has 1 aliphatic heterocycles. The maximum Gasteiger partial charge on any atom is 0.449 e. The molecular weight excluding hydrogens is 577 g/mol. The Labute approximate surface area is 176 Å². The number of hydrogen-bond acceptors (Lipinski definition) is 5. The van der Waals surface area contributed by atoms with Gasteiger partial charge in [-0.1, -0.05) is 0 Å². The minimum Gasteiger partial charge on any atom is -0.377 e. The fourth-order valence-corrected chi connectivity index (χ4v) is 5.78. The first kappa shape index (κ1) is 27.2. The van der Waals surface area contributed by atoms with Gasteiger partial charge in [0.05, 0.1) is 0 Å². The molecule has 0 aromatic rings. The van der Waals surface area contributed by atoms with E-state index in [2.05, 4.69) is 4.74 Å². The highest BCUT2D eigenvalue weighted by Crippen LogP contribution is 2.60. The summed E-state index contributed by atoms with van der Waals surface area (Å²) in [5.74, 6) is -2.44. The van der Waals surface area contributed by atoms with Crippen molar-refractivity contribution in [3.05, 3.63) is 0 Å². The topological polar surface area (TPSA) is 64.8 Å². The summed E-state index contributed by atoms with van der Waals surface area (Å²) in [6, 6.07) is 0. The average molecular weight is 595 g/mol. The first-order chi connectivity index (χ1) is 12.3. The first-order valence-electron chi connectivity index (χ1n) is 7.55. The molecule has 0 amide bonds. The Balaban J connectivity index is 3.44. The molecule has 1 rings (SSSR count). The van der Waals surface area contributed by atoms with Gasteiger partial charge in [0, 0.05) is 29.7 Å². The zero-order valence-electron chi connectivity index (χ0n) is 15.8. The molecule has 0 aromatic heterocycles. The Kier molecular flexibility index (Phi) is 6.65. The molecule has 6 nitrogen and oxygen atoms in total. The van der Waals surface area contributed by atoms with E-state index in [9.17, 15) is 43.5 Å². The summed E-state index contributed by atoms with van der Waals surface area (Å²) in [5.41, 5.74) is -1.96. The average Bonchev–Trinajstić information content (AvgIpc) is 2.89. The lowest BCUT2D eigenvalue weighted by molar-refractivity contribution is -0.438. The summed E-state index contributed by atoms with van der Waals surface area (Å²) in [5, 5.41) is -6.38. The van der Waals surface area contributed by atoms with E-state index in [1.807, 2.05) is 0 Å². The van der Waals surface area contributed by atoms with Crippen LogP contribution in [0, 0.1) is 0 Å². The highest BCUT2D eigenvalue weighted by Gasteiger charge is 2.86. The quantitative estimate of drug-likeness (QED) is 0.0990. The summed E-state index contributed by atoms with van der Waals surface area (Å²) in [4.78, 5) is 0. The monoisotopic (exact) mass is 595 g/mol. The van der Waals surface area contributed by atoms with Gasteiger partial charge in [0.25, 0.3) is 15.9 Å². The standard InChI is InChI=1S/C12H18F8INO5SSi/c1-7(2)12(25-3,27-29(4,5)6)22(7)28(23,24)11(19,20)10(17,18)26-9(15,16)8(13,14)21/h1-6H3. The summed E-state index contributed by atoms with van der Waals surface area (Å²) in [7, 11) is -8.41. The predicted octanol–water partition coefficient (Wildman–Crippen LogP) is 4.38. The molecule has 29 heavy (non-hydrogen) atoms. The van der Waals surface area contributed by atoms with Crippen LogP contribution in [0.2, 0.25) is 19.6 Å². The molecule has 0 aromatic carbocycles. The molecule has 1 heterocycles. The fourth-order valence-electron chi connectivity index (χ4n) is 2.45. The predicted molar refractivity (Wildman–Crippen MR) is 93.9 cm³/mol. The van der Waals surface area contributed by atoms with Crippen molar-refractivity contribution >= 4 is 40.9 Å². The Bertz CT molecular complexity index is 754. The number of rotatable bonds is 9. The van der Waals surface area contributed by atoms with Crippen LogP contribution >= 0.6 is 22.6 Å². The highest BCUT2D eigenvalue weighted by atomic mass is 127.